The predicted octanol–water partition coefficient (Wildman–Crippen LogP) is 1.26. The van der Waals surface area contributed by atoms with Gasteiger partial charge in [-0.05, 0) is 13.1 Å². The van der Waals surface area contributed by atoms with E-state index < -0.39 is 0 Å². The summed E-state index contributed by atoms with van der Waals surface area (Å²) in [5.41, 5.74) is 6.54. The molecule has 0 bridgehead atoms. The van der Waals surface area contributed by atoms with E-state index in [1.165, 1.54) is 0 Å². The molecule has 0 aliphatic carbocycles. The van der Waals surface area contributed by atoms with Gasteiger partial charge in [0.2, 0.25) is 0 Å². The van der Waals surface area contributed by atoms with Gasteiger partial charge in [-0.1, -0.05) is 23.4 Å². The molecule has 1 aromatic carbocycles. The molecule has 17 heavy (non-hydrogen) atoms. The van der Waals surface area contributed by atoms with Gasteiger partial charge in [-0.15, -0.1) is 0 Å². The van der Waals surface area contributed by atoms with Crippen LogP contribution in [0.3, 0.4) is 0 Å². The lowest BCUT2D eigenvalue weighted by molar-refractivity contribution is 0.307. The maximum Gasteiger partial charge on any atom is 0.140 e. The number of oxime groups is 1. The highest BCUT2D eigenvalue weighted by Crippen LogP contribution is 2.18. The standard InChI is InChI=1S/C12H19N3O2/c1-15(8-7-12(13)14-16)9-10-5-3-4-6-11(10)17-2/h3-6,16H,7-9H2,1-2H3,(H2,13,14). The van der Waals surface area contributed by atoms with Gasteiger partial charge in [-0.25, -0.2) is 0 Å². The van der Waals surface area contributed by atoms with Crippen LogP contribution in [0, 0.1) is 0 Å². The van der Waals surface area contributed by atoms with Crippen molar-refractivity contribution in [2.75, 3.05) is 20.7 Å². The normalized spacial score (nSPS) is 11.8. The van der Waals surface area contributed by atoms with Crippen LogP contribution >= 0.6 is 0 Å². The van der Waals surface area contributed by atoms with E-state index >= 15 is 0 Å². The molecule has 5 nitrogen and oxygen atoms in total. The average Bonchev–Trinajstić information content (AvgIpc) is 2.36. The molecule has 0 atom stereocenters. The second-order valence-corrected chi connectivity index (χ2v) is 3.89. The number of para-hydroxylation sites is 1. The summed E-state index contributed by atoms with van der Waals surface area (Å²) in [6.45, 7) is 1.50. The molecule has 0 saturated carbocycles. The van der Waals surface area contributed by atoms with Gasteiger partial charge in [-0.2, -0.15) is 0 Å². The molecule has 0 aliphatic heterocycles. The third-order valence-corrected chi connectivity index (χ3v) is 2.51. The highest BCUT2D eigenvalue weighted by Gasteiger charge is 2.06. The van der Waals surface area contributed by atoms with Gasteiger partial charge >= 0.3 is 0 Å². The van der Waals surface area contributed by atoms with Gasteiger partial charge in [0.15, 0.2) is 0 Å². The molecule has 0 fully saturated rings. The van der Waals surface area contributed by atoms with E-state index in [1.54, 1.807) is 7.11 Å². The van der Waals surface area contributed by atoms with Crippen LogP contribution in [0.15, 0.2) is 29.4 Å². The fourth-order valence-electron chi connectivity index (χ4n) is 1.56. The fraction of sp³-hybridized carbons (Fsp3) is 0.417. The van der Waals surface area contributed by atoms with Crippen molar-refractivity contribution in [1.82, 2.24) is 4.90 Å². The van der Waals surface area contributed by atoms with Crippen LogP contribution in [0.25, 0.3) is 0 Å². The Labute approximate surface area is 101 Å². The van der Waals surface area contributed by atoms with Gasteiger partial charge in [0, 0.05) is 25.1 Å². The van der Waals surface area contributed by atoms with E-state index in [4.69, 9.17) is 15.7 Å². The topological polar surface area (TPSA) is 71.1 Å². The zero-order valence-electron chi connectivity index (χ0n) is 10.3. The average molecular weight is 237 g/mol. The number of benzene rings is 1. The maximum atomic E-state index is 8.44. The number of ether oxygens (including phenoxy) is 1. The second-order valence-electron chi connectivity index (χ2n) is 3.89. The second kappa shape index (κ2) is 6.75. The molecule has 0 amide bonds. The van der Waals surface area contributed by atoms with E-state index in [0.29, 0.717) is 6.42 Å². The smallest absolute Gasteiger partial charge is 0.140 e. The quantitative estimate of drug-likeness (QED) is 0.338. The summed E-state index contributed by atoms with van der Waals surface area (Å²) in [5.74, 6) is 1.13. The summed E-state index contributed by atoms with van der Waals surface area (Å²) in [5, 5.41) is 11.4. The summed E-state index contributed by atoms with van der Waals surface area (Å²) in [6, 6.07) is 7.89. The Morgan fingerprint density at radius 2 is 2.18 bits per heavy atom. The molecular formula is C12H19N3O2. The van der Waals surface area contributed by atoms with Gasteiger partial charge < -0.3 is 20.6 Å². The van der Waals surface area contributed by atoms with Crippen LogP contribution in [0.5, 0.6) is 5.75 Å². The van der Waals surface area contributed by atoms with Crippen LogP contribution in [-0.2, 0) is 6.54 Å². The minimum absolute atomic E-state index is 0.247. The maximum absolute atomic E-state index is 8.44. The third kappa shape index (κ3) is 4.32. The largest absolute Gasteiger partial charge is 0.496 e. The Morgan fingerprint density at radius 3 is 2.82 bits per heavy atom. The summed E-state index contributed by atoms with van der Waals surface area (Å²) < 4.78 is 5.28. The molecule has 0 aliphatic rings. The molecule has 0 aromatic heterocycles. The first kappa shape index (κ1) is 13.3. The Balaban J connectivity index is 2.52. The molecule has 0 spiro atoms. The van der Waals surface area contributed by atoms with E-state index in [1.807, 2.05) is 31.3 Å². The van der Waals surface area contributed by atoms with E-state index in [9.17, 15) is 0 Å². The molecule has 0 heterocycles. The van der Waals surface area contributed by atoms with Crippen LogP contribution in [0.1, 0.15) is 12.0 Å². The number of amidine groups is 1. The van der Waals surface area contributed by atoms with Gasteiger partial charge in [-0.3, -0.25) is 0 Å². The van der Waals surface area contributed by atoms with Crippen molar-refractivity contribution >= 4 is 5.84 Å². The molecule has 0 unspecified atom stereocenters. The fourth-order valence-corrected chi connectivity index (χ4v) is 1.56. The number of hydrogen-bond donors (Lipinski definition) is 2. The van der Waals surface area contributed by atoms with Gasteiger partial charge in [0.05, 0.1) is 7.11 Å². The Kier molecular flexibility index (Phi) is 5.29. The van der Waals surface area contributed by atoms with Gasteiger partial charge in [0.25, 0.3) is 0 Å². The van der Waals surface area contributed by atoms with Crippen LogP contribution < -0.4 is 10.5 Å². The van der Waals surface area contributed by atoms with E-state index in [0.717, 1.165) is 24.4 Å². The van der Waals surface area contributed by atoms with Crippen molar-refractivity contribution in [3.63, 3.8) is 0 Å². The summed E-state index contributed by atoms with van der Waals surface area (Å²) in [4.78, 5) is 2.09. The molecule has 94 valence electrons. The van der Waals surface area contributed by atoms with Crippen molar-refractivity contribution in [2.24, 2.45) is 10.9 Å². The highest BCUT2D eigenvalue weighted by atomic mass is 16.5. The highest BCUT2D eigenvalue weighted by molar-refractivity contribution is 5.79. The summed E-state index contributed by atoms with van der Waals surface area (Å²) in [7, 11) is 3.65. The molecule has 1 rings (SSSR count). The Morgan fingerprint density at radius 1 is 1.47 bits per heavy atom. The number of nitrogens with zero attached hydrogens (tertiary/aromatic N) is 2. The van der Waals surface area contributed by atoms with Crippen molar-refractivity contribution in [3.8, 4) is 5.75 Å². The Bertz CT molecular complexity index is 380. The molecule has 3 N–H and O–H groups in total. The van der Waals surface area contributed by atoms with Crippen molar-refractivity contribution in [1.29, 1.82) is 0 Å². The van der Waals surface area contributed by atoms with E-state index in [-0.39, 0.29) is 5.84 Å². The van der Waals surface area contributed by atoms with E-state index in [2.05, 4.69) is 10.1 Å². The van der Waals surface area contributed by atoms with Gasteiger partial charge in [0.1, 0.15) is 11.6 Å². The minimum atomic E-state index is 0.247. The lowest BCUT2D eigenvalue weighted by atomic mass is 10.2. The minimum Gasteiger partial charge on any atom is -0.496 e. The molecular weight excluding hydrogens is 218 g/mol. The molecule has 5 heteroatoms. The summed E-state index contributed by atoms with van der Waals surface area (Å²) >= 11 is 0. The lowest BCUT2D eigenvalue weighted by Crippen LogP contribution is -2.24. The molecule has 0 saturated heterocycles. The van der Waals surface area contributed by atoms with Crippen molar-refractivity contribution in [2.45, 2.75) is 13.0 Å². The zero-order valence-corrected chi connectivity index (χ0v) is 10.3. The van der Waals surface area contributed by atoms with Crippen LogP contribution in [-0.4, -0.2) is 36.6 Å². The lowest BCUT2D eigenvalue weighted by Gasteiger charge is -2.17. The predicted molar refractivity (Wildman–Crippen MR) is 67.4 cm³/mol. The number of hydrogen-bond acceptors (Lipinski definition) is 4. The Hall–Kier alpha value is -1.75. The summed E-state index contributed by atoms with van der Waals surface area (Å²) in [6.07, 6.45) is 0.544. The first-order valence-corrected chi connectivity index (χ1v) is 5.44. The van der Waals surface area contributed by atoms with Crippen molar-refractivity contribution < 1.29 is 9.94 Å². The first-order chi connectivity index (χ1) is 8.17. The first-order valence-electron chi connectivity index (χ1n) is 5.44. The third-order valence-electron chi connectivity index (χ3n) is 2.51. The van der Waals surface area contributed by atoms with Crippen LogP contribution in [0.2, 0.25) is 0 Å². The van der Waals surface area contributed by atoms with Crippen LogP contribution in [0.4, 0.5) is 0 Å². The van der Waals surface area contributed by atoms with Crippen molar-refractivity contribution in [3.05, 3.63) is 29.8 Å². The number of nitrogens with two attached hydrogens (primary N) is 1. The monoisotopic (exact) mass is 237 g/mol. The number of rotatable bonds is 6. The number of methoxy groups -OCH3 is 1. The molecule has 0 radical (unpaired) electrons. The SMILES string of the molecule is COc1ccccc1CN(C)CC/C(N)=N/O. The zero-order chi connectivity index (χ0) is 12.7. The molecule has 1 aromatic rings.